The zero-order valence-corrected chi connectivity index (χ0v) is 27.1. The normalized spacial score (nSPS) is 15.5. The number of imidazole rings is 1. The van der Waals surface area contributed by atoms with Crippen molar-refractivity contribution in [1.82, 2.24) is 19.4 Å². The minimum Gasteiger partial charge on any atom is -0.454 e. The number of likely N-dealkylation sites (N-methyl/N-ethyl adjacent to an activating group) is 1. The number of hydrogen-bond donors (Lipinski definition) is 0. The van der Waals surface area contributed by atoms with Crippen LogP contribution in [0.15, 0.2) is 97.1 Å². The maximum Gasteiger partial charge on any atom is 0.253 e. The standard InChI is InChI=1S/C39H39FN4O4/c1-42(39(46)29-7-3-2-4-8-29)25-31(30-13-16-35-36(23-30)48-26-47-35)19-22-43-20-17-28(18-21-43)37(45)38-41-33-9-5-6-10-34(33)44(38)24-27-11-14-32(40)15-12-27/h2-16,23,28,31H,17-22,24-26H2,1H3. The average Bonchev–Trinajstić information content (AvgIpc) is 3.75. The number of para-hydroxylation sites is 2. The van der Waals surface area contributed by atoms with Crippen LogP contribution in [-0.2, 0) is 6.54 Å². The molecule has 1 amide bonds. The average molecular weight is 647 g/mol. The molecule has 8 nitrogen and oxygen atoms in total. The lowest BCUT2D eigenvalue weighted by Crippen LogP contribution is -2.38. The molecule has 9 heteroatoms. The van der Waals surface area contributed by atoms with E-state index in [9.17, 15) is 14.0 Å². The van der Waals surface area contributed by atoms with Crippen LogP contribution in [0.1, 0.15) is 57.3 Å². The second-order valence-corrected chi connectivity index (χ2v) is 12.8. The first-order valence-corrected chi connectivity index (χ1v) is 16.6. The van der Waals surface area contributed by atoms with E-state index in [2.05, 4.69) is 11.0 Å². The largest absolute Gasteiger partial charge is 0.454 e. The lowest BCUT2D eigenvalue weighted by molar-refractivity contribution is 0.0779. The summed E-state index contributed by atoms with van der Waals surface area (Å²) in [6, 6.07) is 29.6. The Labute approximate surface area is 279 Å². The van der Waals surface area contributed by atoms with E-state index in [4.69, 9.17) is 14.5 Å². The molecular formula is C39H39FN4O4. The third-order valence-corrected chi connectivity index (χ3v) is 9.61. The summed E-state index contributed by atoms with van der Waals surface area (Å²) in [7, 11) is 1.86. The molecule has 3 heterocycles. The summed E-state index contributed by atoms with van der Waals surface area (Å²) < 4.78 is 26.8. The van der Waals surface area contributed by atoms with Gasteiger partial charge >= 0.3 is 0 Å². The molecule has 0 aliphatic carbocycles. The van der Waals surface area contributed by atoms with Crippen molar-refractivity contribution >= 4 is 22.7 Å². The molecule has 0 bridgehead atoms. The lowest BCUT2D eigenvalue weighted by atomic mass is 9.90. The van der Waals surface area contributed by atoms with Crippen LogP contribution >= 0.6 is 0 Å². The summed E-state index contributed by atoms with van der Waals surface area (Å²) >= 11 is 0. The van der Waals surface area contributed by atoms with E-state index in [1.807, 2.05) is 78.3 Å². The highest BCUT2D eigenvalue weighted by Crippen LogP contribution is 2.36. The third-order valence-electron chi connectivity index (χ3n) is 9.61. The lowest BCUT2D eigenvalue weighted by Gasteiger charge is -2.33. The summed E-state index contributed by atoms with van der Waals surface area (Å²) in [4.78, 5) is 36.2. The maximum absolute atomic E-state index is 14.0. The van der Waals surface area contributed by atoms with Gasteiger partial charge in [-0.05, 0) is 98.6 Å². The first kappa shape index (κ1) is 31.6. The summed E-state index contributed by atoms with van der Waals surface area (Å²) in [5, 5.41) is 0. The third kappa shape index (κ3) is 6.82. The SMILES string of the molecule is CN(CC(CCN1CCC(C(=O)c2nc3ccccc3n2Cc2ccc(F)cc2)CC1)c1ccc2c(c1)OCO2)C(=O)c1ccccc1. The van der Waals surface area contributed by atoms with Gasteiger partial charge < -0.3 is 23.8 Å². The van der Waals surface area contributed by atoms with Gasteiger partial charge in [0.05, 0.1) is 11.0 Å². The Morgan fingerprint density at radius 2 is 1.65 bits per heavy atom. The summed E-state index contributed by atoms with van der Waals surface area (Å²) in [6.45, 7) is 3.68. The van der Waals surface area contributed by atoms with Crippen molar-refractivity contribution in [2.24, 2.45) is 5.92 Å². The van der Waals surface area contributed by atoms with Crippen LogP contribution in [0.3, 0.4) is 0 Å². The number of aromatic nitrogens is 2. The van der Waals surface area contributed by atoms with Crippen LogP contribution in [0.2, 0.25) is 0 Å². The molecule has 1 aromatic heterocycles. The van der Waals surface area contributed by atoms with E-state index >= 15 is 0 Å². The predicted molar refractivity (Wildman–Crippen MR) is 182 cm³/mol. The van der Waals surface area contributed by atoms with E-state index < -0.39 is 0 Å². The zero-order chi connectivity index (χ0) is 33.0. The highest BCUT2D eigenvalue weighted by Gasteiger charge is 2.30. The number of benzene rings is 4. The Balaban J connectivity index is 1.02. The highest BCUT2D eigenvalue weighted by molar-refractivity contribution is 5.98. The Kier molecular flexibility index (Phi) is 9.20. The second-order valence-electron chi connectivity index (χ2n) is 12.8. The molecule has 2 aliphatic heterocycles. The molecule has 1 unspecified atom stereocenters. The van der Waals surface area contributed by atoms with Gasteiger partial charge in [-0.25, -0.2) is 9.37 Å². The van der Waals surface area contributed by atoms with E-state index in [0.29, 0.717) is 24.5 Å². The van der Waals surface area contributed by atoms with E-state index in [-0.39, 0.29) is 36.1 Å². The topological polar surface area (TPSA) is 76.9 Å². The smallest absolute Gasteiger partial charge is 0.253 e. The number of piperidine rings is 1. The summed E-state index contributed by atoms with van der Waals surface area (Å²) in [5.74, 6) is 1.68. The quantitative estimate of drug-likeness (QED) is 0.147. The number of halogens is 1. The fourth-order valence-electron chi connectivity index (χ4n) is 6.88. The first-order chi connectivity index (χ1) is 23.4. The first-order valence-electron chi connectivity index (χ1n) is 16.6. The Hall–Kier alpha value is -5.02. The molecule has 0 N–H and O–H groups in total. The van der Waals surface area contributed by atoms with Crippen molar-refractivity contribution in [2.75, 3.05) is 40.0 Å². The summed E-state index contributed by atoms with van der Waals surface area (Å²) in [6.07, 6.45) is 2.34. The Morgan fingerprint density at radius 3 is 2.44 bits per heavy atom. The van der Waals surface area contributed by atoms with Gasteiger partial charge in [-0.2, -0.15) is 0 Å². The van der Waals surface area contributed by atoms with Gasteiger partial charge in [-0.15, -0.1) is 0 Å². The van der Waals surface area contributed by atoms with Gasteiger partial charge in [-0.1, -0.05) is 48.5 Å². The molecule has 5 aromatic rings. The number of amides is 1. The molecule has 2 aliphatic rings. The number of nitrogens with zero attached hydrogens (tertiary/aromatic N) is 4. The van der Waals surface area contributed by atoms with E-state index in [1.165, 1.54) is 12.1 Å². The number of rotatable bonds is 11. The monoisotopic (exact) mass is 646 g/mol. The number of Topliss-reactive ketones (excluding diaryl/α,β-unsaturated/α-hetero) is 1. The highest BCUT2D eigenvalue weighted by atomic mass is 19.1. The number of carbonyl (C=O) groups excluding carboxylic acids is 2. The van der Waals surface area contributed by atoms with Crippen molar-refractivity contribution in [3.05, 3.63) is 125 Å². The minimum absolute atomic E-state index is 0.00822. The van der Waals surface area contributed by atoms with E-state index in [1.54, 1.807) is 17.0 Å². The molecule has 246 valence electrons. The molecule has 4 aromatic carbocycles. The number of hydrogen-bond acceptors (Lipinski definition) is 6. The van der Waals surface area contributed by atoms with Crippen LogP contribution in [0, 0.1) is 11.7 Å². The molecule has 0 spiro atoms. The van der Waals surface area contributed by atoms with Crippen LogP contribution in [0.4, 0.5) is 4.39 Å². The summed E-state index contributed by atoms with van der Waals surface area (Å²) in [5.41, 5.74) is 4.37. The van der Waals surface area contributed by atoms with Crippen molar-refractivity contribution in [3.8, 4) is 11.5 Å². The van der Waals surface area contributed by atoms with Crippen molar-refractivity contribution in [3.63, 3.8) is 0 Å². The maximum atomic E-state index is 14.0. The number of likely N-dealkylation sites (tertiary alicyclic amines) is 1. The van der Waals surface area contributed by atoms with E-state index in [0.717, 1.165) is 72.6 Å². The van der Waals surface area contributed by atoms with Gasteiger partial charge in [0.15, 0.2) is 17.3 Å². The number of carbonyl (C=O) groups is 2. The fourth-order valence-corrected chi connectivity index (χ4v) is 6.88. The van der Waals surface area contributed by atoms with Crippen LogP contribution in [0.25, 0.3) is 11.0 Å². The van der Waals surface area contributed by atoms with Gasteiger partial charge in [-0.3, -0.25) is 9.59 Å². The molecule has 7 rings (SSSR count). The van der Waals surface area contributed by atoms with Crippen LogP contribution < -0.4 is 9.47 Å². The predicted octanol–water partition coefficient (Wildman–Crippen LogP) is 6.79. The van der Waals surface area contributed by atoms with Gasteiger partial charge in [0.1, 0.15) is 5.82 Å². The molecule has 48 heavy (non-hydrogen) atoms. The number of fused-ring (bicyclic) bond motifs is 2. The Morgan fingerprint density at radius 1 is 0.917 bits per heavy atom. The van der Waals surface area contributed by atoms with Crippen LogP contribution in [0.5, 0.6) is 11.5 Å². The van der Waals surface area contributed by atoms with Gasteiger partial charge in [0.2, 0.25) is 12.6 Å². The molecule has 0 saturated carbocycles. The number of ketones is 1. The number of ether oxygens (including phenoxy) is 2. The molecule has 0 radical (unpaired) electrons. The van der Waals surface area contributed by atoms with Gasteiger partial charge in [0.25, 0.3) is 5.91 Å². The van der Waals surface area contributed by atoms with Crippen molar-refractivity contribution < 1.29 is 23.5 Å². The molecule has 1 fully saturated rings. The molecule has 1 atom stereocenters. The minimum atomic E-state index is -0.285. The van der Waals surface area contributed by atoms with Crippen LogP contribution in [-0.4, -0.2) is 71.1 Å². The Bertz CT molecular complexity index is 1900. The molecular weight excluding hydrogens is 607 g/mol. The van der Waals surface area contributed by atoms with Crippen molar-refractivity contribution in [1.29, 1.82) is 0 Å². The fraction of sp³-hybridized carbons (Fsp3) is 0.308. The molecule has 1 saturated heterocycles. The van der Waals surface area contributed by atoms with Crippen molar-refractivity contribution in [2.45, 2.75) is 31.7 Å². The second kappa shape index (κ2) is 14.0. The zero-order valence-electron chi connectivity index (χ0n) is 27.1. The van der Waals surface area contributed by atoms with Gasteiger partial charge in [0, 0.05) is 37.5 Å².